The SMILES string of the molecule is Nc1n[nH]c(N)c1N=Nc1cc(Br)ccc1Br. The van der Waals surface area contributed by atoms with Crippen molar-refractivity contribution in [1.82, 2.24) is 10.2 Å². The van der Waals surface area contributed by atoms with Crippen LogP contribution in [0.2, 0.25) is 0 Å². The third-order valence-corrected chi connectivity index (χ3v) is 3.12. The maximum absolute atomic E-state index is 5.60. The Kier molecular flexibility index (Phi) is 3.43. The van der Waals surface area contributed by atoms with Crippen molar-refractivity contribution < 1.29 is 0 Å². The summed E-state index contributed by atoms with van der Waals surface area (Å²) in [5.41, 5.74) is 12.2. The molecule has 0 bridgehead atoms. The van der Waals surface area contributed by atoms with Gasteiger partial charge in [-0.25, -0.2) is 0 Å². The number of aromatic nitrogens is 2. The van der Waals surface area contributed by atoms with E-state index >= 15 is 0 Å². The predicted octanol–water partition coefficient (Wildman–Crippen LogP) is 3.51. The number of nitrogen functional groups attached to an aromatic ring is 2. The van der Waals surface area contributed by atoms with Gasteiger partial charge in [0.25, 0.3) is 0 Å². The number of nitrogens with zero attached hydrogens (tertiary/aromatic N) is 3. The zero-order chi connectivity index (χ0) is 12.4. The molecule has 5 N–H and O–H groups in total. The van der Waals surface area contributed by atoms with Gasteiger partial charge in [0.15, 0.2) is 11.5 Å². The number of halogens is 2. The van der Waals surface area contributed by atoms with Crippen LogP contribution in [0.15, 0.2) is 37.4 Å². The van der Waals surface area contributed by atoms with Crippen molar-refractivity contribution in [3.8, 4) is 0 Å². The zero-order valence-electron chi connectivity index (χ0n) is 8.48. The lowest BCUT2D eigenvalue weighted by Crippen LogP contribution is -1.84. The minimum absolute atomic E-state index is 0.220. The van der Waals surface area contributed by atoms with Crippen LogP contribution in [0.1, 0.15) is 0 Å². The fraction of sp³-hybridized carbons (Fsp3) is 0. The van der Waals surface area contributed by atoms with Crippen LogP contribution in [0.25, 0.3) is 0 Å². The van der Waals surface area contributed by atoms with E-state index in [0.29, 0.717) is 11.4 Å². The average molecular weight is 360 g/mol. The molecule has 0 aliphatic heterocycles. The van der Waals surface area contributed by atoms with Gasteiger partial charge in [0.2, 0.25) is 0 Å². The van der Waals surface area contributed by atoms with Gasteiger partial charge in [-0.15, -0.1) is 10.2 Å². The molecule has 1 aromatic carbocycles. The minimum atomic E-state index is 0.220. The molecule has 0 saturated heterocycles. The average Bonchev–Trinajstić information content (AvgIpc) is 2.61. The maximum atomic E-state index is 5.60. The molecule has 88 valence electrons. The molecule has 0 unspecified atom stereocenters. The van der Waals surface area contributed by atoms with E-state index in [1.807, 2.05) is 18.2 Å². The lowest BCUT2D eigenvalue weighted by molar-refractivity contribution is 1.11. The number of anilines is 2. The van der Waals surface area contributed by atoms with Crippen LogP contribution in [0, 0.1) is 0 Å². The predicted molar refractivity (Wildman–Crippen MR) is 73.4 cm³/mol. The van der Waals surface area contributed by atoms with Gasteiger partial charge in [-0.05, 0) is 34.1 Å². The molecule has 0 spiro atoms. The Bertz CT molecular complexity index is 557. The summed E-state index contributed by atoms with van der Waals surface area (Å²) in [4.78, 5) is 0. The summed E-state index contributed by atoms with van der Waals surface area (Å²) in [5.74, 6) is 0.509. The highest BCUT2D eigenvalue weighted by Crippen LogP contribution is 2.32. The second-order valence-electron chi connectivity index (χ2n) is 3.17. The highest BCUT2D eigenvalue weighted by Gasteiger charge is 2.07. The summed E-state index contributed by atoms with van der Waals surface area (Å²) < 4.78 is 1.73. The molecule has 2 rings (SSSR count). The van der Waals surface area contributed by atoms with Crippen LogP contribution < -0.4 is 11.5 Å². The molecule has 8 heteroatoms. The maximum Gasteiger partial charge on any atom is 0.175 e. The first-order chi connectivity index (χ1) is 8.08. The molecule has 0 atom stereocenters. The van der Waals surface area contributed by atoms with E-state index in [-0.39, 0.29) is 11.6 Å². The Hall–Kier alpha value is -1.41. The van der Waals surface area contributed by atoms with Crippen LogP contribution in [-0.2, 0) is 0 Å². The van der Waals surface area contributed by atoms with E-state index in [1.54, 1.807) is 0 Å². The summed E-state index contributed by atoms with van der Waals surface area (Å²) >= 11 is 6.72. The number of hydrogen-bond acceptors (Lipinski definition) is 5. The third-order valence-electron chi connectivity index (χ3n) is 1.96. The van der Waals surface area contributed by atoms with Crippen LogP contribution >= 0.6 is 31.9 Å². The van der Waals surface area contributed by atoms with Crippen molar-refractivity contribution in [3.05, 3.63) is 27.1 Å². The van der Waals surface area contributed by atoms with E-state index in [1.165, 1.54) is 0 Å². The molecule has 6 nitrogen and oxygen atoms in total. The first kappa shape index (κ1) is 12.1. The Morgan fingerprint density at radius 1 is 1.18 bits per heavy atom. The monoisotopic (exact) mass is 358 g/mol. The highest BCUT2D eigenvalue weighted by atomic mass is 79.9. The molecule has 0 amide bonds. The second-order valence-corrected chi connectivity index (χ2v) is 4.94. The number of hydrogen-bond donors (Lipinski definition) is 3. The molecular formula is C9H8Br2N6. The van der Waals surface area contributed by atoms with E-state index in [2.05, 4.69) is 52.3 Å². The van der Waals surface area contributed by atoms with E-state index < -0.39 is 0 Å². The molecule has 1 aromatic heterocycles. The molecule has 0 fully saturated rings. The van der Waals surface area contributed by atoms with Gasteiger partial charge in [-0.2, -0.15) is 5.10 Å². The Balaban J connectivity index is 2.35. The van der Waals surface area contributed by atoms with Crippen LogP contribution in [0.4, 0.5) is 23.0 Å². The number of H-pyrrole nitrogens is 1. The van der Waals surface area contributed by atoms with Crippen molar-refractivity contribution >= 4 is 54.9 Å². The lowest BCUT2D eigenvalue weighted by Gasteiger charge is -1.97. The van der Waals surface area contributed by atoms with Gasteiger partial charge in [-0.3, -0.25) is 5.10 Å². The lowest BCUT2D eigenvalue weighted by atomic mass is 10.3. The first-order valence-corrected chi connectivity index (χ1v) is 6.12. The zero-order valence-corrected chi connectivity index (χ0v) is 11.7. The smallest absolute Gasteiger partial charge is 0.175 e. The van der Waals surface area contributed by atoms with E-state index in [4.69, 9.17) is 11.5 Å². The summed E-state index contributed by atoms with van der Waals surface area (Å²) in [6.07, 6.45) is 0. The number of aromatic amines is 1. The summed E-state index contributed by atoms with van der Waals surface area (Å²) in [7, 11) is 0. The molecule has 1 heterocycles. The summed E-state index contributed by atoms with van der Waals surface area (Å²) in [6, 6.07) is 5.57. The van der Waals surface area contributed by atoms with Gasteiger partial charge in [0, 0.05) is 8.95 Å². The fourth-order valence-electron chi connectivity index (χ4n) is 1.14. The molecule has 0 aliphatic rings. The second kappa shape index (κ2) is 4.84. The summed E-state index contributed by atoms with van der Waals surface area (Å²) in [6.45, 7) is 0. The van der Waals surface area contributed by atoms with Gasteiger partial charge in [-0.1, -0.05) is 15.9 Å². The number of benzene rings is 1. The Morgan fingerprint density at radius 2 is 1.94 bits per heavy atom. The van der Waals surface area contributed by atoms with Gasteiger partial charge >= 0.3 is 0 Å². The van der Waals surface area contributed by atoms with Crippen molar-refractivity contribution in [2.75, 3.05) is 11.5 Å². The topological polar surface area (TPSA) is 105 Å². The first-order valence-electron chi connectivity index (χ1n) is 4.54. The van der Waals surface area contributed by atoms with Crippen molar-refractivity contribution in [2.45, 2.75) is 0 Å². The standard InChI is InChI=1S/C9H8Br2N6/c10-4-1-2-5(11)6(3-4)14-15-7-8(12)16-17-9(7)13/h1-3H,(H5,12,13,16,17). The normalized spacial score (nSPS) is 11.2. The number of nitrogens with one attached hydrogen (secondary N) is 1. The van der Waals surface area contributed by atoms with E-state index in [0.717, 1.165) is 8.95 Å². The molecule has 2 aromatic rings. The fourth-order valence-corrected chi connectivity index (χ4v) is 1.81. The van der Waals surface area contributed by atoms with Crippen LogP contribution in [-0.4, -0.2) is 10.2 Å². The van der Waals surface area contributed by atoms with Gasteiger partial charge in [0.1, 0.15) is 11.5 Å². The van der Waals surface area contributed by atoms with Gasteiger partial charge < -0.3 is 11.5 Å². The quantitative estimate of drug-likeness (QED) is 0.714. The minimum Gasteiger partial charge on any atom is -0.382 e. The van der Waals surface area contributed by atoms with Crippen LogP contribution in [0.3, 0.4) is 0 Å². The molecule has 0 radical (unpaired) electrons. The number of nitrogens with two attached hydrogens (primary N) is 2. The molecular weight excluding hydrogens is 352 g/mol. The van der Waals surface area contributed by atoms with E-state index in [9.17, 15) is 0 Å². The van der Waals surface area contributed by atoms with Crippen LogP contribution in [0.5, 0.6) is 0 Å². The number of rotatable bonds is 2. The highest BCUT2D eigenvalue weighted by molar-refractivity contribution is 9.11. The molecule has 0 aliphatic carbocycles. The molecule has 0 saturated carbocycles. The number of azo groups is 1. The Labute approximate surface area is 114 Å². The van der Waals surface area contributed by atoms with Gasteiger partial charge in [0.05, 0.1) is 0 Å². The van der Waals surface area contributed by atoms with Crippen molar-refractivity contribution in [1.29, 1.82) is 0 Å². The van der Waals surface area contributed by atoms with Crippen molar-refractivity contribution in [2.24, 2.45) is 10.2 Å². The summed E-state index contributed by atoms with van der Waals surface area (Å²) in [5, 5.41) is 14.3. The largest absolute Gasteiger partial charge is 0.382 e. The van der Waals surface area contributed by atoms with Crippen molar-refractivity contribution in [3.63, 3.8) is 0 Å². The Morgan fingerprint density at radius 3 is 2.59 bits per heavy atom. The molecule has 17 heavy (non-hydrogen) atoms. The third kappa shape index (κ3) is 2.64.